The van der Waals surface area contributed by atoms with Crippen LogP contribution < -0.4 is 5.32 Å². The Balaban J connectivity index is 1.87. The molecule has 10 heteroatoms. The van der Waals surface area contributed by atoms with Gasteiger partial charge in [0.25, 0.3) is 5.91 Å². The molecule has 0 aliphatic carbocycles. The number of carbonyl (C=O) groups excluding carboxylic acids is 1. The van der Waals surface area contributed by atoms with Gasteiger partial charge >= 0.3 is 5.69 Å². The quantitative estimate of drug-likeness (QED) is 0.473. The number of rotatable bonds is 6. The molecule has 2 rings (SSSR count). The van der Waals surface area contributed by atoms with Crippen LogP contribution in [0.5, 0.6) is 0 Å². The van der Waals surface area contributed by atoms with Crippen molar-refractivity contribution in [2.45, 2.75) is 13.0 Å². The third kappa shape index (κ3) is 3.66. The number of aryl methyl sites for hydroxylation is 2. The van der Waals surface area contributed by atoms with Crippen LogP contribution in [0, 0.1) is 10.1 Å². The number of aromatic nitrogens is 4. The van der Waals surface area contributed by atoms with Gasteiger partial charge in [-0.15, -0.1) is 0 Å². The average molecular weight is 357 g/mol. The fourth-order valence-corrected chi connectivity index (χ4v) is 2.14. The van der Waals surface area contributed by atoms with E-state index in [0.717, 1.165) is 10.7 Å². The molecule has 21 heavy (non-hydrogen) atoms. The Kier molecular flexibility index (Phi) is 4.68. The summed E-state index contributed by atoms with van der Waals surface area (Å²) in [5.74, 6) is -0.511. The Morgan fingerprint density at radius 3 is 2.86 bits per heavy atom. The second-order valence-electron chi connectivity index (χ2n) is 4.29. The third-order valence-corrected chi connectivity index (χ3v) is 3.19. The molecular formula is C11H13BrN6O3. The molecule has 0 saturated heterocycles. The van der Waals surface area contributed by atoms with Gasteiger partial charge in [-0.05, 0) is 22.4 Å². The minimum atomic E-state index is -0.622. The van der Waals surface area contributed by atoms with Gasteiger partial charge in [0.15, 0.2) is 0 Å². The monoisotopic (exact) mass is 356 g/mol. The Morgan fingerprint density at radius 2 is 2.24 bits per heavy atom. The lowest BCUT2D eigenvalue weighted by Crippen LogP contribution is -2.28. The highest BCUT2D eigenvalue weighted by molar-refractivity contribution is 9.10. The van der Waals surface area contributed by atoms with Gasteiger partial charge in [-0.2, -0.15) is 10.2 Å². The summed E-state index contributed by atoms with van der Waals surface area (Å²) in [5.41, 5.74) is -0.354. The van der Waals surface area contributed by atoms with Gasteiger partial charge in [-0.1, -0.05) is 0 Å². The van der Waals surface area contributed by atoms with Gasteiger partial charge < -0.3 is 5.32 Å². The zero-order chi connectivity index (χ0) is 15.4. The van der Waals surface area contributed by atoms with Gasteiger partial charge in [-0.3, -0.25) is 24.3 Å². The summed E-state index contributed by atoms with van der Waals surface area (Å²) in [6.07, 6.45) is 5.23. The van der Waals surface area contributed by atoms with Crippen molar-refractivity contribution < 1.29 is 9.72 Å². The molecule has 0 aliphatic heterocycles. The number of nitrogens with zero attached hydrogens (tertiary/aromatic N) is 5. The first-order valence-corrected chi connectivity index (χ1v) is 6.91. The van der Waals surface area contributed by atoms with Crippen molar-refractivity contribution >= 4 is 27.5 Å². The number of halogens is 1. The molecule has 0 aromatic carbocycles. The molecule has 9 nitrogen and oxygen atoms in total. The molecular weight excluding hydrogens is 344 g/mol. The maximum absolute atomic E-state index is 12.0. The van der Waals surface area contributed by atoms with Crippen molar-refractivity contribution in [3.8, 4) is 0 Å². The van der Waals surface area contributed by atoms with Crippen molar-refractivity contribution in [1.29, 1.82) is 0 Å². The molecule has 0 bridgehead atoms. The van der Waals surface area contributed by atoms with Crippen molar-refractivity contribution in [2.24, 2.45) is 7.05 Å². The van der Waals surface area contributed by atoms with E-state index in [9.17, 15) is 14.9 Å². The van der Waals surface area contributed by atoms with Crippen molar-refractivity contribution in [2.75, 3.05) is 6.54 Å². The SMILES string of the molecule is Cn1ncc([N+](=O)[O-])c1C(=O)NCCCn1cc(Br)cn1. The molecule has 0 saturated carbocycles. The van der Waals surface area contributed by atoms with Crippen molar-refractivity contribution in [3.63, 3.8) is 0 Å². The zero-order valence-corrected chi connectivity index (χ0v) is 12.8. The van der Waals surface area contributed by atoms with Gasteiger partial charge in [0.05, 0.1) is 15.6 Å². The minimum Gasteiger partial charge on any atom is -0.350 e. The van der Waals surface area contributed by atoms with Crippen LogP contribution in [-0.2, 0) is 13.6 Å². The molecule has 0 spiro atoms. The summed E-state index contributed by atoms with van der Waals surface area (Å²) in [4.78, 5) is 22.2. The van der Waals surface area contributed by atoms with Gasteiger partial charge in [0, 0.05) is 26.3 Å². The van der Waals surface area contributed by atoms with Crippen LogP contribution in [-0.4, -0.2) is 36.9 Å². The van der Waals surface area contributed by atoms with Crippen molar-refractivity contribution in [3.05, 3.63) is 38.9 Å². The topological polar surface area (TPSA) is 108 Å². The van der Waals surface area contributed by atoms with E-state index in [0.29, 0.717) is 19.5 Å². The smallest absolute Gasteiger partial charge is 0.320 e. The highest BCUT2D eigenvalue weighted by Gasteiger charge is 2.24. The molecule has 0 radical (unpaired) electrons. The van der Waals surface area contributed by atoms with Crippen molar-refractivity contribution in [1.82, 2.24) is 24.9 Å². The lowest BCUT2D eigenvalue weighted by atomic mass is 10.3. The first kappa shape index (κ1) is 15.2. The highest BCUT2D eigenvalue weighted by atomic mass is 79.9. The molecule has 1 N–H and O–H groups in total. The normalized spacial score (nSPS) is 10.6. The van der Waals surface area contributed by atoms with E-state index >= 15 is 0 Å². The van der Waals surface area contributed by atoms with E-state index in [-0.39, 0.29) is 11.4 Å². The van der Waals surface area contributed by atoms with E-state index in [1.54, 1.807) is 10.9 Å². The van der Waals surface area contributed by atoms with Gasteiger partial charge in [0.2, 0.25) is 5.69 Å². The van der Waals surface area contributed by atoms with Crippen LogP contribution in [0.3, 0.4) is 0 Å². The first-order chi connectivity index (χ1) is 9.99. The number of hydrogen-bond acceptors (Lipinski definition) is 5. The molecule has 2 aromatic rings. The lowest BCUT2D eigenvalue weighted by Gasteiger charge is -2.05. The minimum absolute atomic E-state index is 0.0539. The van der Waals surface area contributed by atoms with Crippen LogP contribution in [0.25, 0.3) is 0 Å². The summed E-state index contributed by atoms with van der Waals surface area (Å²) in [5, 5.41) is 21.3. The number of nitro groups is 1. The van der Waals surface area contributed by atoms with Crippen LogP contribution in [0.1, 0.15) is 16.9 Å². The summed E-state index contributed by atoms with van der Waals surface area (Å²) in [7, 11) is 1.49. The molecule has 2 heterocycles. The molecule has 0 fully saturated rings. The molecule has 112 valence electrons. The van der Waals surface area contributed by atoms with Crippen LogP contribution in [0.4, 0.5) is 5.69 Å². The fourth-order valence-electron chi connectivity index (χ4n) is 1.81. The number of nitrogens with one attached hydrogen (secondary N) is 1. The lowest BCUT2D eigenvalue weighted by molar-refractivity contribution is -0.385. The predicted octanol–water partition coefficient (Wildman–Crippen LogP) is 1.11. The summed E-state index contributed by atoms with van der Waals surface area (Å²) < 4.78 is 3.82. The first-order valence-electron chi connectivity index (χ1n) is 6.11. The largest absolute Gasteiger partial charge is 0.350 e. The summed E-state index contributed by atoms with van der Waals surface area (Å²) >= 11 is 3.29. The average Bonchev–Trinajstić information content (AvgIpc) is 3.00. The van der Waals surface area contributed by atoms with E-state index in [1.807, 2.05) is 6.20 Å². The molecule has 0 aliphatic rings. The number of amides is 1. The Bertz CT molecular complexity index is 665. The predicted molar refractivity (Wildman–Crippen MR) is 76.7 cm³/mol. The second kappa shape index (κ2) is 6.48. The Hall–Kier alpha value is -2.23. The van der Waals surface area contributed by atoms with Crippen LogP contribution >= 0.6 is 15.9 Å². The highest BCUT2D eigenvalue weighted by Crippen LogP contribution is 2.16. The number of carbonyl (C=O) groups is 1. The fraction of sp³-hybridized carbons (Fsp3) is 0.364. The van der Waals surface area contributed by atoms with E-state index < -0.39 is 10.8 Å². The summed E-state index contributed by atoms with van der Waals surface area (Å²) in [6.45, 7) is 1.03. The third-order valence-electron chi connectivity index (χ3n) is 2.78. The molecule has 2 aromatic heterocycles. The van der Waals surface area contributed by atoms with Gasteiger partial charge in [-0.25, -0.2) is 0 Å². The maximum Gasteiger partial charge on any atom is 0.320 e. The Morgan fingerprint density at radius 1 is 1.48 bits per heavy atom. The number of hydrogen-bond donors (Lipinski definition) is 1. The van der Waals surface area contributed by atoms with Gasteiger partial charge in [0.1, 0.15) is 6.20 Å². The molecule has 0 unspecified atom stereocenters. The standard InChI is InChI=1S/C11H13BrN6O3/c1-16-10(9(6-14-16)18(20)21)11(19)13-3-2-4-17-7-8(12)5-15-17/h5-7H,2-4H2,1H3,(H,13,19). The summed E-state index contributed by atoms with van der Waals surface area (Å²) in [6, 6.07) is 0. The molecule has 0 atom stereocenters. The maximum atomic E-state index is 12.0. The van der Waals surface area contributed by atoms with Crippen LogP contribution in [0.2, 0.25) is 0 Å². The van der Waals surface area contributed by atoms with E-state index in [1.165, 1.54) is 11.7 Å². The van der Waals surface area contributed by atoms with Crippen LogP contribution in [0.15, 0.2) is 23.1 Å². The zero-order valence-electron chi connectivity index (χ0n) is 11.2. The van der Waals surface area contributed by atoms with E-state index in [2.05, 4.69) is 31.4 Å². The van der Waals surface area contributed by atoms with E-state index in [4.69, 9.17) is 0 Å². The second-order valence-corrected chi connectivity index (χ2v) is 5.21. The molecule has 1 amide bonds. The Labute approximate surface area is 128 Å².